The number of hydrogen-bond acceptors (Lipinski definition) is 4. The monoisotopic (exact) mass is 254 g/mol. The van der Waals surface area contributed by atoms with Gasteiger partial charge in [0.15, 0.2) is 0 Å². The standard InChI is InChI=1S/C14H22O4/c1-3-5-7-8-12-18-14(16)10-9-13(15)17-11-6-4-2/h6,8,11-12H,3-5,7,9-10H2,1-2H3. The van der Waals surface area contributed by atoms with Crippen molar-refractivity contribution in [2.24, 2.45) is 0 Å². The maximum absolute atomic E-state index is 11.2. The molecular weight excluding hydrogens is 232 g/mol. The third-order valence-electron chi connectivity index (χ3n) is 2.08. The van der Waals surface area contributed by atoms with E-state index in [2.05, 4.69) is 6.92 Å². The Morgan fingerprint density at radius 3 is 2.00 bits per heavy atom. The number of unbranched alkanes of at least 4 members (excludes halogenated alkanes) is 2. The Hall–Kier alpha value is -1.58. The maximum Gasteiger partial charge on any atom is 0.311 e. The summed E-state index contributed by atoms with van der Waals surface area (Å²) in [7, 11) is 0. The third kappa shape index (κ3) is 10.9. The van der Waals surface area contributed by atoms with Crippen LogP contribution in [0.5, 0.6) is 0 Å². The van der Waals surface area contributed by atoms with Crippen molar-refractivity contribution in [3.05, 3.63) is 24.7 Å². The second-order valence-corrected chi connectivity index (χ2v) is 3.77. The predicted molar refractivity (Wildman–Crippen MR) is 69.5 cm³/mol. The average Bonchev–Trinajstić information content (AvgIpc) is 2.36. The molecule has 0 spiro atoms. The Morgan fingerprint density at radius 2 is 1.50 bits per heavy atom. The topological polar surface area (TPSA) is 52.6 Å². The van der Waals surface area contributed by atoms with Crippen molar-refractivity contribution in [1.29, 1.82) is 0 Å². The average molecular weight is 254 g/mol. The zero-order valence-electron chi connectivity index (χ0n) is 11.2. The summed E-state index contributed by atoms with van der Waals surface area (Å²) in [6.45, 7) is 4.03. The van der Waals surface area contributed by atoms with Gasteiger partial charge in [-0.25, -0.2) is 0 Å². The van der Waals surface area contributed by atoms with E-state index in [1.54, 1.807) is 6.08 Å². The van der Waals surface area contributed by atoms with E-state index < -0.39 is 11.9 Å². The molecule has 0 radical (unpaired) electrons. The van der Waals surface area contributed by atoms with Crippen LogP contribution in [0.3, 0.4) is 0 Å². The van der Waals surface area contributed by atoms with Crippen LogP contribution in [0, 0.1) is 0 Å². The number of hydrogen-bond donors (Lipinski definition) is 0. The molecule has 0 unspecified atom stereocenters. The van der Waals surface area contributed by atoms with E-state index >= 15 is 0 Å². The molecule has 0 heterocycles. The minimum Gasteiger partial charge on any atom is -0.435 e. The molecule has 0 fully saturated rings. The van der Waals surface area contributed by atoms with Crippen LogP contribution in [0.25, 0.3) is 0 Å². The predicted octanol–water partition coefficient (Wildman–Crippen LogP) is 3.48. The molecule has 0 aromatic heterocycles. The van der Waals surface area contributed by atoms with Gasteiger partial charge < -0.3 is 9.47 Å². The highest BCUT2D eigenvalue weighted by molar-refractivity contribution is 5.78. The van der Waals surface area contributed by atoms with Crippen LogP contribution < -0.4 is 0 Å². The van der Waals surface area contributed by atoms with Crippen molar-refractivity contribution in [3.63, 3.8) is 0 Å². The Morgan fingerprint density at radius 1 is 0.944 bits per heavy atom. The normalized spacial score (nSPS) is 11.0. The van der Waals surface area contributed by atoms with Crippen LogP contribution in [0.15, 0.2) is 24.7 Å². The fourth-order valence-electron chi connectivity index (χ4n) is 1.06. The van der Waals surface area contributed by atoms with E-state index in [-0.39, 0.29) is 12.8 Å². The Kier molecular flexibility index (Phi) is 10.8. The highest BCUT2D eigenvalue weighted by Crippen LogP contribution is 1.99. The second-order valence-electron chi connectivity index (χ2n) is 3.77. The number of esters is 2. The lowest BCUT2D eigenvalue weighted by molar-refractivity contribution is -0.144. The summed E-state index contributed by atoms with van der Waals surface area (Å²) < 4.78 is 9.56. The van der Waals surface area contributed by atoms with Crippen LogP contribution in [0.1, 0.15) is 52.4 Å². The number of allylic oxidation sites excluding steroid dienone is 2. The van der Waals surface area contributed by atoms with Gasteiger partial charge >= 0.3 is 11.9 Å². The fourth-order valence-corrected chi connectivity index (χ4v) is 1.06. The van der Waals surface area contributed by atoms with Gasteiger partial charge in [-0.2, -0.15) is 0 Å². The zero-order valence-corrected chi connectivity index (χ0v) is 11.2. The molecule has 0 N–H and O–H groups in total. The van der Waals surface area contributed by atoms with Gasteiger partial charge in [0.1, 0.15) is 0 Å². The largest absolute Gasteiger partial charge is 0.435 e. The van der Waals surface area contributed by atoms with Crippen molar-refractivity contribution in [1.82, 2.24) is 0 Å². The summed E-state index contributed by atoms with van der Waals surface area (Å²) >= 11 is 0. The molecule has 0 rings (SSSR count). The van der Waals surface area contributed by atoms with Gasteiger partial charge in [0, 0.05) is 0 Å². The number of ether oxygens (including phenoxy) is 2. The minimum absolute atomic E-state index is 0.0374. The van der Waals surface area contributed by atoms with Crippen molar-refractivity contribution >= 4 is 11.9 Å². The zero-order chi connectivity index (χ0) is 13.6. The van der Waals surface area contributed by atoms with Crippen LogP contribution in [0.4, 0.5) is 0 Å². The van der Waals surface area contributed by atoms with Crippen molar-refractivity contribution in [3.8, 4) is 0 Å². The summed E-state index contributed by atoms with van der Waals surface area (Å²) in [5.74, 6) is -0.842. The summed E-state index contributed by atoms with van der Waals surface area (Å²) in [5, 5.41) is 0. The first kappa shape index (κ1) is 16.4. The van der Waals surface area contributed by atoms with E-state index in [0.29, 0.717) is 0 Å². The van der Waals surface area contributed by atoms with Crippen LogP contribution in [0.2, 0.25) is 0 Å². The quantitative estimate of drug-likeness (QED) is 0.359. The number of carbonyl (C=O) groups excluding carboxylic acids is 2. The summed E-state index contributed by atoms with van der Waals surface area (Å²) in [5.41, 5.74) is 0. The van der Waals surface area contributed by atoms with E-state index in [0.717, 1.165) is 25.7 Å². The first-order valence-corrected chi connectivity index (χ1v) is 6.39. The molecule has 0 saturated heterocycles. The molecule has 0 aromatic carbocycles. The summed E-state index contributed by atoms with van der Waals surface area (Å²) in [6.07, 6.45) is 10.2. The lowest BCUT2D eigenvalue weighted by Crippen LogP contribution is -2.06. The maximum atomic E-state index is 11.2. The molecule has 0 aliphatic carbocycles. The third-order valence-corrected chi connectivity index (χ3v) is 2.08. The van der Waals surface area contributed by atoms with Gasteiger partial charge in [0.25, 0.3) is 0 Å². The molecule has 102 valence electrons. The molecule has 4 nitrogen and oxygen atoms in total. The lowest BCUT2D eigenvalue weighted by atomic mass is 10.2. The molecule has 0 atom stereocenters. The van der Waals surface area contributed by atoms with Crippen LogP contribution in [-0.4, -0.2) is 11.9 Å². The van der Waals surface area contributed by atoms with Gasteiger partial charge in [0.2, 0.25) is 0 Å². The molecule has 0 bridgehead atoms. The van der Waals surface area contributed by atoms with Crippen molar-refractivity contribution < 1.29 is 19.1 Å². The van der Waals surface area contributed by atoms with Gasteiger partial charge in [-0.1, -0.05) is 20.3 Å². The number of carbonyl (C=O) groups is 2. The van der Waals surface area contributed by atoms with E-state index in [1.165, 1.54) is 12.5 Å². The van der Waals surface area contributed by atoms with Crippen molar-refractivity contribution in [2.45, 2.75) is 52.4 Å². The molecule has 0 aromatic rings. The van der Waals surface area contributed by atoms with E-state index in [9.17, 15) is 9.59 Å². The van der Waals surface area contributed by atoms with E-state index in [4.69, 9.17) is 9.47 Å². The van der Waals surface area contributed by atoms with Crippen LogP contribution in [-0.2, 0) is 19.1 Å². The molecule has 0 amide bonds. The molecule has 0 saturated carbocycles. The Labute approximate surface area is 109 Å². The highest BCUT2D eigenvalue weighted by Gasteiger charge is 2.07. The van der Waals surface area contributed by atoms with Gasteiger partial charge in [-0.05, 0) is 31.4 Å². The van der Waals surface area contributed by atoms with E-state index in [1.807, 2.05) is 13.0 Å². The van der Waals surface area contributed by atoms with Gasteiger partial charge in [-0.3, -0.25) is 9.59 Å². The summed E-state index contributed by atoms with van der Waals surface area (Å²) in [4.78, 5) is 22.3. The Bertz CT molecular complexity index is 292. The van der Waals surface area contributed by atoms with Crippen LogP contribution >= 0.6 is 0 Å². The molecule has 0 aliphatic heterocycles. The number of rotatable bonds is 9. The molecular formula is C14H22O4. The smallest absolute Gasteiger partial charge is 0.311 e. The molecule has 18 heavy (non-hydrogen) atoms. The molecule has 0 aliphatic rings. The second kappa shape index (κ2) is 11.9. The minimum atomic E-state index is -0.424. The van der Waals surface area contributed by atoms with Gasteiger partial charge in [-0.15, -0.1) is 0 Å². The first-order valence-electron chi connectivity index (χ1n) is 6.39. The summed E-state index contributed by atoms with van der Waals surface area (Å²) in [6, 6.07) is 0. The SMILES string of the molecule is CCC=COC(=O)CCC(=O)OC=CCCCC. The fraction of sp³-hybridized carbons (Fsp3) is 0.571. The highest BCUT2D eigenvalue weighted by atomic mass is 16.5. The lowest BCUT2D eigenvalue weighted by Gasteiger charge is -1.99. The molecule has 4 heteroatoms. The van der Waals surface area contributed by atoms with Gasteiger partial charge in [0.05, 0.1) is 25.4 Å². The Balaban J connectivity index is 3.60. The first-order chi connectivity index (χ1) is 8.70. The van der Waals surface area contributed by atoms with Crippen molar-refractivity contribution in [2.75, 3.05) is 0 Å².